The van der Waals surface area contributed by atoms with Crippen molar-refractivity contribution in [1.82, 2.24) is 24.3 Å². The summed E-state index contributed by atoms with van der Waals surface area (Å²) in [4.78, 5) is 25.3. The van der Waals surface area contributed by atoms with E-state index in [2.05, 4.69) is 26.8 Å². The minimum atomic E-state index is 0.0449. The van der Waals surface area contributed by atoms with Crippen LogP contribution in [0.4, 0.5) is 5.82 Å². The Hall–Kier alpha value is -3.39. The lowest BCUT2D eigenvalue weighted by Crippen LogP contribution is -2.27. The van der Waals surface area contributed by atoms with Gasteiger partial charge < -0.3 is 24.8 Å². The third kappa shape index (κ3) is 4.18. The summed E-state index contributed by atoms with van der Waals surface area (Å²) in [6, 6.07) is 6.23. The van der Waals surface area contributed by atoms with Gasteiger partial charge in [0.05, 0.1) is 18.5 Å². The first kappa shape index (κ1) is 21.8. The van der Waals surface area contributed by atoms with Crippen molar-refractivity contribution < 1.29 is 9.53 Å². The summed E-state index contributed by atoms with van der Waals surface area (Å²) in [5, 5.41) is 0.828. The van der Waals surface area contributed by atoms with Crippen molar-refractivity contribution in [3.8, 4) is 16.9 Å². The van der Waals surface area contributed by atoms with Gasteiger partial charge in [0.1, 0.15) is 23.5 Å². The number of amides is 1. The molecular weight excluding hydrogens is 404 g/mol. The number of fused-ring (bicyclic) bond motifs is 1. The Morgan fingerprint density at radius 1 is 1.34 bits per heavy atom. The Labute approximate surface area is 188 Å². The fourth-order valence-corrected chi connectivity index (χ4v) is 4.23. The second kappa shape index (κ2) is 9.00. The van der Waals surface area contributed by atoms with E-state index in [0.717, 1.165) is 46.4 Å². The van der Waals surface area contributed by atoms with E-state index in [-0.39, 0.29) is 11.9 Å². The Morgan fingerprint density at radius 2 is 2.16 bits per heavy atom. The van der Waals surface area contributed by atoms with Gasteiger partial charge in [0, 0.05) is 37.5 Å². The third-order valence-corrected chi connectivity index (χ3v) is 5.96. The van der Waals surface area contributed by atoms with Crippen LogP contribution in [0.2, 0.25) is 0 Å². The number of likely N-dealkylation sites (tertiary alicyclic amines) is 1. The monoisotopic (exact) mass is 434 g/mol. The van der Waals surface area contributed by atoms with Gasteiger partial charge in [-0.1, -0.05) is 18.2 Å². The maximum absolute atomic E-state index is 12.6. The first-order chi connectivity index (χ1) is 15.4. The summed E-state index contributed by atoms with van der Waals surface area (Å²) in [5.74, 6) is 1.31. The van der Waals surface area contributed by atoms with Gasteiger partial charge >= 0.3 is 0 Å². The van der Waals surface area contributed by atoms with E-state index < -0.39 is 0 Å². The first-order valence-electron chi connectivity index (χ1n) is 10.7. The molecule has 3 heterocycles. The Balaban J connectivity index is 1.67. The van der Waals surface area contributed by atoms with E-state index in [1.54, 1.807) is 13.2 Å². The molecule has 1 aromatic carbocycles. The van der Waals surface area contributed by atoms with Crippen molar-refractivity contribution in [2.75, 3.05) is 46.6 Å². The number of anilines is 1. The van der Waals surface area contributed by atoms with Crippen LogP contribution in [-0.2, 0) is 4.79 Å². The van der Waals surface area contributed by atoms with Crippen LogP contribution in [0.1, 0.15) is 18.0 Å². The molecule has 0 aliphatic carbocycles. The number of nitrogens with two attached hydrogens (primary N) is 1. The number of nitrogen functional groups attached to an aromatic ring is 1. The number of aryl methyl sites for hydroxylation is 1. The van der Waals surface area contributed by atoms with Gasteiger partial charge in [0.15, 0.2) is 0 Å². The molecule has 32 heavy (non-hydrogen) atoms. The topological polar surface area (TPSA) is 89.5 Å². The van der Waals surface area contributed by atoms with Gasteiger partial charge in [-0.2, -0.15) is 0 Å². The van der Waals surface area contributed by atoms with Crippen molar-refractivity contribution in [3.63, 3.8) is 0 Å². The molecule has 1 atom stereocenters. The summed E-state index contributed by atoms with van der Waals surface area (Å²) in [7, 11) is 5.63. The number of rotatable bonds is 6. The summed E-state index contributed by atoms with van der Waals surface area (Å²) in [6.45, 7) is 4.10. The number of ether oxygens (including phenoxy) is 1. The highest BCUT2D eigenvalue weighted by Gasteiger charge is 2.29. The molecule has 2 aromatic heterocycles. The molecule has 1 amide bonds. The molecule has 3 aromatic rings. The molecule has 0 radical (unpaired) electrons. The van der Waals surface area contributed by atoms with E-state index in [1.165, 1.54) is 6.33 Å². The van der Waals surface area contributed by atoms with Gasteiger partial charge in [-0.3, -0.25) is 4.79 Å². The lowest BCUT2D eigenvalue weighted by atomic mass is 10.0. The molecule has 1 fully saturated rings. The average molecular weight is 435 g/mol. The fraction of sp³-hybridized carbons (Fsp3) is 0.375. The van der Waals surface area contributed by atoms with Gasteiger partial charge in [0.2, 0.25) is 5.91 Å². The zero-order valence-corrected chi connectivity index (χ0v) is 19.1. The second-order valence-electron chi connectivity index (χ2n) is 8.48. The quantitative estimate of drug-likeness (QED) is 0.600. The number of hydrogen-bond donors (Lipinski definition) is 1. The zero-order chi connectivity index (χ0) is 22.8. The standard InChI is InChI=1S/C24H30N6O2/c1-16-7-8-17(12-20(16)32-4)19-14-30(24-22(19)23(25)26-15-27-24)18-9-11-29(13-18)21(31)6-5-10-28(2)3/h5-8,12,14-15,18H,9-11,13H2,1-4H3,(H2,25,26,27)/t18-/m1/s1. The zero-order valence-electron chi connectivity index (χ0n) is 19.1. The highest BCUT2D eigenvalue weighted by molar-refractivity contribution is 6.01. The van der Waals surface area contributed by atoms with Crippen molar-refractivity contribution >= 4 is 22.8 Å². The second-order valence-corrected chi connectivity index (χ2v) is 8.48. The summed E-state index contributed by atoms with van der Waals surface area (Å²) >= 11 is 0. The van der Waals surface area contributed by atoms with Crippen LogP contribution < -0.4 is 10.5 Å². The molecule has 2 N–H and O–H groups in total. The van der Waals surface area contributed by atoms with Crippen LogP contribution >= 0.6 is 0 Å². The molecule has 0 spiro atoms. The number of aromatic nitrogens is 3. The van der Waals surface area contributed by atoms with Gasteiger partial charge in [0.25, 0.3) is 0 Å². The number of methoxy groups -OCH3 is 1. The predicted octanol–water partition coefficient (Wildman–Crippen LogP) is 2.89. The lowest BCUT2D eigenvalue weighted by Gasteiger charge is -2.16. The van der Waals surface area contributed by atoms with Gasteiger partial charge in [-0.25, -0.2) is 9.97 Å². The SMILES string of the molecule is COc1cc(-c2cn([C@@H]3CCN(C(=O)C=CCN(C)C)C3)c3ncnc(N)c23)ccc1C. The number of benzene rings is 1. The van der Waals surface area contributed by atoms with Crippen LogP contribution in [0, 0.1) is 6.92 Å². The number of hydrogen-bond acceptors (Lipinski definition) is 6. The largest absolute Gasteiger partial charge is 0.496 e. The van der Waals surface area contributed by atoms with Crippen molar-refractivity contribution in [1.29, 1.82) is 0 Å². The smallest absolute Gasteiger partial charge is 0.246 e. The van der Waals surface area contributed by atoms with E-state index in [1.807, 2.05) is 49.0 Å². The molecule has 1 aliphatic heterocycles. The van der Waals surface area contributed by atoms with Crippen molar-refractivity contribution in [2.45, 2.75) is 19.4 Å². The average Bonchev–Trinajstić information content (AvgIpc) is 3.39. The summed E-state index contributed by atoms with van der Waals surface area (Å²) < 4.78 is 7.67. The molecule has 1 aliphatic rings. The number of likely N-dealkylation sites (N-methyl/N-ethyl adjacent to an activating group) is 1. The molecule has 168 valence electrons. The molecular formula is C24H30N6O2. The maximum atomic E-state index is 12.6. The van der Waals surface area contributed by atoms with Gasteiger partial charge in [-0.15, -0.1) is 0 Å². The van der Waals surface area contributed by atoms with E-state index >= 15 is 0 Å². The molecule has 4 rings (SSSR count). The highest BCUT2D eigenvalue weighted by Crippen LogP contribution is 2.37. The van der Waals surface area contributed by atoms with Crippen LogP contribution in [0.15, 0.2) is 42.9 Å². The molecule has 0 bridgehead atoms. The third-order valence-electron chi connectivity index (χ3n) is 5.96. The van der Waals surface area contributed by atoms with Crippen molar-refractivity contribution in [3.05, 3.63) is 48.4 Å². The number of carbonyl (C=O) groups excluding carboxylic acids is 1. The van der Waals surface area contributed by atoms with Gasteiger partial charge in [-0.05, 0) is 44.6 Å². The van der Waals surface area contributed by atoms with E-state index in [9.17, 15) is 4.79 Å². The van der Waals surface area contributed by atoms with Crippen molar-refractivity contribution in [2.24, 2.45) is 0 Å². The number of nitrogens with zero attached hydrogens (tertiary/aromatic N) is 5. The minimum Gasteiger partial charge on any atom is -0.496 e. The van der Waals surface area contributed by atoms with E-state index in [4.69, 9.17) is 10.5 Å². The van der Waals surface area contributed by atoms with Crippen LogP contribution in [-0.4, -0.2) is 71.1 Å². The molecule has 0 unspecified atom stereocenters. The van der Waals surface area contributed by atoms with Crippen LogP contribution in [0.5, 0.6) is 5.75 Å². The number of carbonyl (C=O) groups is 1. The normalized spacial score (nSPS) is 16.5. The molecule has 0 saturated carbocycles. The maximum Gasteiger partial charge on any atom is 0.246 e. The lowest BCUT2D eigenvalue weighted by molar-refractivity contribution is -0.125. The summed E-state index contributed by atoms with van der Waals surface area (Å²) in [6.07, 6.45) is 8.01. The van der Waals surface area contributed by atoms with Crippen LogP contribution in [0.25, 0.3) is 22.2 Å². The minimum absolute atomic E-state index is 0.0449. The highest BCUT2D eigenvalue weighted by atomic mass is 16.5. The summed E-state index contributed by atoms with van der Waals surface area (Å²) in [5.41, 5.74) is 10.1. The fourth-order valence-electron chi connectivity index (χ4n) is 4.23. The predicted molar refractivity (Wildman–Crippen MR) is 127 cm³/mol. The first-order valence-corrected chi connectivity index (χ1v) is 10.7. The molecule has 1 saturated heterocycles. The van der Waals surface area contributed by atoms with Crippen LogP contribution in [0.3, 0.4) is 0 Å². The van der Waals surface area contributed by atoms with E-state index in [0.29, 0.717) is 18.9 Å². The Bertz CT molecular complexity index is 1170. The molecule has 8 nitrogen and oxygen atoms in total. The Morgan fingerprint density at radius 3 is 2.91 bits per heavy atom. The Kier molecular flexibility index (Phi) is 6.14. The molecule has 8 heteroatoms.